The van der Waals surface area contributed by atoms with Crippen LogP contribution in [0.15, 0.2) is 24.3 Å². The number of para-hydroxylation sites is 1. The second-order valence-electron chi connectivity index (χ2n) is 5.56. The normalized spacial score (nSPS) is 16.9. The van der Waals surface area contributed by atoms with E-state index in [4.69, 9.17) is 11.6 Å². The number of nitrogens with zero attached hydrogens (tertiary/aromatic N) is 1. The molecule has 0 aromatic heterocycles. The van der Waals surface area contributed by atoms with E-state index in [0.717, 1.165) is 44.9 Å². The average Bonchev–Trinajstić information content (AvgIpc) is 2.49. The smallest absolute Gasteiger partial charge is 0.238 e. The van der Waals surface area contributed by atoms with E-state index >= 15 is 0 Å². The maximum absolute atomic E-state index is 12.1. The highest BCUT2D eigenvalue weighted by Crippen LogP contribution is 2.21. The Morgan fingerprint density at radius 1 is 1.33 bits per heavy atom. The van der Waals surface area contributed by atoms with Crippen molar-refractivity contribution >= 4 is 23.2 Å². The van der Waals surface area contributed by atoms with Crippen LogP contribution in [-0.4, -0.2) is 43.5 Å². The van der Waals surface area contributed by atoms with E-state index in [1.165, 1.54) is 0 Å². The van der Waals surface area contributed by atoms with Crippen LogP contribution in [-0.2, 0) is 4.79 Å². The zero-order valence-electron chi connectivity index (χ0n) is 12.6. The van der Waals surface area contributed by atoms with Gasteiger partial charge in [0.15, 0.2) is 0 Å². The highest BCUT2D eigenvalue weighted by molar-refractivity contribution is 6.33. The lowest BCUT2D eigenvalue weighted by atomic mass is 9.97. The highest BCUT2D eigenvalue weighted by atomic mass is 35.5. The first-order chi connectivity index (χ1) is 10.2. The molecular weight excluding hydrogens is 286 g/mol. The molecule has 1 heterocycles. The number of carbonyl (C=O) groups is 1. The van der Waals surface area contributed by atoms with Crippen molar-refractivity contribution in [1.29, 1.82) is 0 Å². The maximum atomic E-state index is 12.1. The van der Waals surface area contributed by atoms with Gasteiger partial charge in [0.25, 0.3) is 0 Å². The Morgan fingerprint density at radius 2 is 2.05 bits per heavy atom. The Bertz CT molecular complexity index is 459. The molecule has 2 rings (SSSR count). The van der Waals surface area contributed by atoms with Crippen molar-refractivity contribution in [3.8, 4) is 0 Å². The molecule has 2 N–H and O–H groups in total. The first-order valence-electron chi connectivity index (χ1n) is 7.66. The number of anilines is 1. The number of halogens is 1. The summed E-state index contributed by atoms with van der Waals surface area (Å²) in [6.45, 7) is 6.68. The summed E-state index contributed by atoms with van der Waals surface area (Å²) in [6.07, 6.45) is 2.32. The molecular formula is C16H24ClN3O. The Kier molecular flexibility index (Phi) is 6.49. The third-order valence-electron chi connectivity index (χ3n) is 3.91. The molecule has 1 amide bonds. The zero-order valence-corrected chi connectivity index (χ0v) is 13.3. The van der Waals surface area contributed by atoms with Crippen LogP contribution in [0.4, 0.5) is 5.69 Å². The van der Waals surface area contributed by atoms with Crippen molar-refractivity contribution in [2.75, 3.05) is 38.0 Å². The average molecular weight is 310 g/mol. The van der Waals surface area contributed by atoms with Crippen molar-refractivity contribution in [2.45, 2.75) is 19.8 Å². The number of carbonyl (C=O) groups excluding carboxylic acids is 1. The Balaban J connectivity index is 1.73. The van der Waals surface area contributed by atoms with Crippen LogP contribution < -0.4 is 10.6 Å². The number of likely N-dealkylation sites (tertiary alicyclic amines) is 1. The first kappa shape index (κ1) is 16.3. The van der Waals surface area contributed by atoms with E-state index in [-0.39, 0.29) is 5.91 Å². The van der Waals surface area contributed by atoms with Gasteiger partial charge < -0.3 is 10.6 Å². The number of hydrogen-bond donors (Lipinski definition) is 2. The molecule has 0 unspecified atom stereocenters. The van der Waals surface area contributed by atoms with E-state index in [1.54, 1.807) is 6.07 Å². The number of amides is 1. The molecule has 0 spiro atoms. The Morgan fingerprint density at radius 3 is 2.71 bits per heavy atom. The topological polar surface area (TPSA) is 44.4 Å². The van der Waals surface area contributed by atoms with Gasteiger partial charge in [-0.15, -0.1) is 0 Å². The third kappa shape index (κ3) is 5.30. The lowest BCUT2D eigenvalue weighted by Gasteiger charge is -2.31. The van der Waals surface area contributed by atoms with Crippen molar-refractivity contribution in [2.24, 2.45) is 5.92 Å². The van der Waals surface area contributed by atoms with Crippen LogP contribution in [0.5, 0.6) is 0 Å². The molecule has 5 heteroatoms. The predicted molar refractivity (Wildman–Crippen MR) is 87.8 cm³/mol. The SMILES string of the molecule is CCNCC1CCN(CC(=O)Nc2ccccc2Cl)CC1. The molecule has 1 aliphatic heterocycles. The molecule has 0 saturated carbocycles. The molecule has 1 fully saturated rings. The minimum atomic E-state index is 0.00762. The van der Waals surface area contributed by atoms with Crippen LogP contribution in [0, 0.1) is 5.92 Å². The molecule has 21 heavy (non-hydrogen) atoms. The highest BCUT2D eigenvalue weighted by Gasteiger charge is 2.20. The van der Waals surface area contributed by atoms with E-state index in [9.17, 15) is 4.79 Å². The fraction of sp³-hybridized carbons (Fsp3) is 0.562. The number of nitrogens with one attached hydrogen (secondary N) is 2. The van der Waals surface area contributed by atoms with Gasteiger partial charge in [-0.05, 0) is 57.1 Å². The molecule has 0 radical (unpaired) electrons. The summed E-state index contributed by atoms with van der Waals surface area (Å²) in [6, 6.07) is 7.33. The second-order valence-corrected chi connectivity index (χ2v) is 5.96. The van der Waals surface area contributed by atoms with Gasteiger partial charge in [0.2, 0.25) is 5.91 Å². The van der Waals surface area contributed by atoms with E-state index in [1.807, 2.05) is 18.2 Å². The molecule has 1 aromatic rings. The van der Waals surface area contributed by atoms with Gasteiger partial charge in [0.05, 0.1) is 17.3 Å². The van der Waals surface area contributed by atoms with Gasteiger partial charge in [0.1, 0.15) is 0 Å². The lowest BCUT2D eigenvalue weighted by molar-refractivity contribution is -0.117. The van der Waals surface area contributed by atoms with Gasteiger partial charge in [0, 0.05) is 0 Å². The van der Waals surface area contributed by atoms with Crippen LogP contribution >= 0.6 is 11.6 Å². The maximum Gasteiger partial charge on any atom is 0.238 e. The largest absolute Gasteiger partial charge is 0.324 e. The quantitative estimate of drug-likeness (QED) is 0.849. The molecule has 1 saturated heterocycles. The molecule has 1 aromatic carbocycles. The summed E-state index contributed by atoms with van der Waals surface area (Å²) < 4.78 is 0. The minimum absolute atomic E-state index is 0.00762. The molecule has 0 bridgehead atoms. The lowest BCUT2D eigenvalue weighted by Crippen LogP contribution is -2.41. The first-order valence-corrected chi connectivity index (χ1v) is 8.04. The van der Waals surface area contributed by atoms with Crippen molar-refractivity contribution in [3.63, 3.8) is 0 Å². The van der Waals surface area contributed by atoms with Gasteiger partial charge >= 0.3 is 0 Å². The van der Waals surface area contributed by atoms with E-state index in [0.29, 0.717) is 17.3 Å². The number of piperidine rings is 1. The summed E-state index contributed by atoms with van der Waals surface area (Å²) in [5, 5.41) is 6.86. The van der Waals surface area contributed by atoms with Crippen molar-refractivity contribution in [3.05, 3.63) is 29.3 Å². The van der Waals surface area contributed by atoms with E-state index in [2.05, 4.69) is 22.5 Å². The number of benzene rings is 1. The van der Waals surface area contributed by atoms with Crippen LogP contribution in [0.2, 0.25) is 5.02 Å². The molecule has 4 nitrogen and oxygen atoms in total. The predicted octanol–water partition coefficient (Wildman–Crippen LogP) is 2.60. The third-order valence-corrected chi connectivity index (χ3v) is 4.23. The second kappa shape index (κ2) is 8.37. The van der Waals surface area contributed by atoms with Gasteiger partial charge in [-0.25, -0.2) is 0 Å². The fourth-order valence-corrected chi connectivity index (χ4v) is 2.84. The fourth-order valence-electron chi connectivity index (χ4n) is 2.65. The van der Waals surface area contributed by atoms with Gasteiger partial charge in [-0.2, -0.15) is 0 Å². The van der Waals surface area contributed by atoms with Gasteiger partial charge in [-0.3, -0.25) is 9.69 Å². The van der Waals surface area contributed by atoms with Crippen LogP contribution in [0.25, 0.3) is 0 Å². The minimum Gasteiger partial charge on any atom is -0.324 e. The number of hydrogen-bond acceptors (Lipinski definition) is 3. The number of rotatable bonds is 6. The summed E-state index contributed by atoms with van der Waals surface area (Å²) >= 11 is 6.04. The molecule has 0 atom stereocenters. The molecule has 1 aliphatic rings. The van der Waals surface area contributed by atoms with Crippen LogP contribution in [0.3, 0.4) is 0 Å². The Labute approximate surface area is 131 Å². The summed E-state index contributed by atoms with van der Waals surface area (Å²) in [7, 11) is 0. The molecule has 116 valence electrons. The van der Waals surface area contributed by atoms with Crippen molar-refractivity contribution in [1.82, 2.24) is 10.2 Å². The molecule has 0 aliphatic carbocycles. The van der Waals surface area contributed by atoms with Gasteiger partial charge in [-0.1, -0.05) is 30.7 Å². The van der Waals surface area contributed by atoms with Crippen molar-refractivity contribution < 1.29 is 4.79 Å². The summed E-state index contributed by atoms with van der Waals surface area (Å²) in [5.74, 6) is 0.751. The standard InChI is InChI=1S/C16H24ClN3O/c1-2-18-11-13-7-9-20(10-8-13)12-16(21)19-15-6-4-3-5-14(15)17/h3-6,13,18H,2,7-12H2,1H3,(H,19,21). The summed E-state index contributed by atoms with van der Waals surface area (Å²) in [5.41, 5.74) is 0.686. The zero-order chi connectivity index (χ0) is 15.1. The summed E-state index contributed by atoms with van der Waals surface area (Å²) in [4.78, 5) is 14.3. The monoisotopic (exact) mass is 309 g/mol. The Hall–Kier alpha value is -1.10. The van der Waals surface area contributed by atoms with E-state index < -0.39 is 0 Å². The van der Waals surface area contributed by atoms with Crippen LogP contribution in [0.1, 0.15) is 19.8 Å².